The van der Waals surface area contributed by atoms with Crippen LogP contribution in [-0.2, 0) is 4.79 Å². The van der Waals surface area contributed by atoms with Crippen molar-refractivity contribution in [1.82, 2.24) is 0 Å². The molecule has 100 valence electrons. The molecule has 0 aromatic heterocycles. The van der Waals surface area contributed by atoms with E-state index in [1.54, 1.807) is 0 Å². The van der Waals surface area contributed by atoms with Crippen LogP contribution in [0.1, 0.15) is 18.6 Å². The van der Waals surface area contributed by atoms with Crippen LogP contribution in [0.4, 0.5) is 4.39 Å². The van der Waals surface area contributed by atoms with Gasteiger partial charge in [-0.1, -0.05) is 23.9 Å². The first-order chi connectivity index (χ1) is 8.47. The quantitative estimate of drug-likeness (QED) is 0.852. The minimum Gasteiger partial charge on any atom is -0.493 e. The predicted octanol–water partition coefficient (Wildman–Crippen LogP) is 1.51. The largest absolute Gasteiger partial charge is 0.493 e. The van der Waals surface area contributed by atoms with Crippen LogP contribution in [0.15, 0.2) is 18.2 Å². The Morgan fingerprint density at radius 1 is 1.50 bits per heavy atom. The molecule has 0 saturated heterocycles. The molecule has 0 amide bonds. The lowest BCUT2D eigenvalue weighted by Gasteiger charge is -2.19. The molecule has 2 N–H and O–H groups in total. The number of aliphatic hydroxyl groups excluding tert-OH is 2. The monoisotopic (exact) mass is 274 g/mol. The van der Waals surface area contributed by atoms with Crippen LogP contribution in [0.2, 0.25) is 0 Å². The first-order valence-electron chi connectivity index (χ1n) is 5.29. The van der Waals surface area contributed by atoms with E-state index in [2.05, 4.69) is 0 Å². The third kappa shape index (κ3) is 3.69. The number of ether oxygens (including phenoxy) is 1. The van der Waals surface area contributed by atoms with Gasteiger partial charge < -0.3 is 14.9 Å². The van der Waals surface area contributed by atoms with Gasteiger partial charge in [0, 0.05) is 18.2 Å². The van der Waals surface area contributed by atoms with E-state index < -0.39 is 18.0 Å². The Morgan fingerprint density at radius 3 is 2.72 bits per heavy atom. The van der Waals surface area contributed by atoms with Crippen molar-refractivity contribution in [1.29, 1.82) is 0 Å². The molecule has 1 rings (SSSR count). The molecular weight excluding hydrogens is 259 g/mol. The molecule has 0 spiro atoms. The number of thioether (sulfide) groups is 1. The van der Waals surface area contributed by atoms with Crippen LogP contribution in [0.3, 0.4) is 0 Å². The minimum absolute atomic E-state index is 0.0379. The normalized spacial score (nSPS) is 14.1. The molecule has 2 unspecified atom stereocenters. The molecule has 18 heavy (non-hydrogen) atoms. The van der Waals surface area contributed by atoms with Gasteiger partial charge in [0.05, 0.1) is 13.2 Å². The number of carbonyl (C=O) groups is 1. The Morgan fingerprint density at radius 2 is 2.17 bits per heavy atom. The zero-order chi connectivity index (χ0) is 13.7. The van der Waals surface area contributed by atoms with Crippen molar-refractivity contribution in [3.05, 3.63) is 29.6 Å². The molecule has 1 aromatic rings. The van der Waals surface area contributed by atoms with Gasteiger partial charge in [0.25, 0.3) is 0 Å². The fraction of sp³-hybridized carbons (Fsp3) is 0.417. The van der Waals surface area contributed by atoms with Gasteiger partial charge in [0.2, 0.25) is 0 Å². The van der Waals surface area contributed by atoms with E-state index >= 15 is 0 Å². The lowest BCUT2D eigenvalue weighted by Crippen LogP contribution is -2.22. The van der Waals surface area contributed by atoms with Crippen LogP contribution in [-0.4, -0.2) is 34.3 Å². The molecule has 0 aliphatic rings. The average Bonchev–Trinajstić information content (AvgIpc) is 2.34. The summed E-state index contributed by atoms with van der Waals surface area (Å²) in [4.78, 5) is 10.8. The number of aliphatic hydroxyl groups is 2. The topological polar surface area (TPSA) is 66.8 Å². The van der Waals surface area contributed by atoms with Crippen molar-refractivity contribution in [2.45, 2.75) is 19.1 Å². The number of carbonyl (C=O) groups excluding carboxylic acids is 1. The standard InChI is InChI=1S/C12H15FO4S/c1-7(14)18-6-10(15)11(16)8-4-3-5-9(13)12(8)17-2/h3-5,10-11,15-16H,6H2,1-2H3. The molecule has 0 aliphatic heterocycles. The second-order valence-electron chi connectivity index (χ2n) is 3.68. The zero-order valence-electron chi connectivity index (χ0n) is 10.1. The maximum Gasteiger partial charge on any atom is 0.185 e. The van der Waals surface area contributed by atoms with Crippen LogP contribution < -0.4 is 4.74 Å². The second kappa shape index (κ2) is 6.72. The molecule has 0 fully saturated rings. The summed E-state index contributed by atoms with van der Waals surface area (Å²) in [5.41, 5.74) is 0.161. The fourth-order valence-electron chi connectivity index (χ4n) is 1.47. The van der Waals surface area contributed by atoms with Crippen molar-refractivity contribution in [3.8, 4) is 5.75 Å². The number of hydrogen-bond donors (Lipinski definition) is 2. The molecule has 1 aromatic carbocycles. The highest BCUT2D eigenvalue weighted by atomic mass is 32.2. The average molecular weight is 274 g/mol. The molecule has 4 nitrogen and oxygen atoms in total. The van der Waals surface area contributed by atoms with Crippen LogP contribution in [0.5, 0.6) is 5.75 Å². The third-order valence-electron chi connectivity index (χ3n) is 2.34. The summed E-state index contributed by atoms with van der Waals surface area (Å²) >= 11 is 0.897. The van der Waals surface area contributed by atoms with Crippen molar-refractivity contribution in [3.63, 3.8) is 0 Å². The molecule has 0 saturated carbocycles. The van der Waals surface area contributed by atoms with E-state index in [9.17, 15) is 19.4 Å². The maximum absolute atomic E-state index is 13.4. The lowest BCUT2D eigenvalue weighted by atomic mass is 10.0. The summed E-state index contributed by atoms with van der Waals surface area (Å²) in [5.74, 6) is -0.673. The molecule has 2 atom stereocenters. The Kier molecular flexibility index (Phi) is 5.58. The highest BCUT2D eigenvalue weighted by Gasteiger charge is 2.23. The smallest absolute Gasteiger partial charge is 0.185 e. The van der Waals surface area contributed by atoms with E-state index in [-0.39, 0.29) is 22.2 Å². The van der Waals surface area contributed by atoms with Crippen molar-refractivity contribution < 1.29 is 24.1 Å². The van der Waals surface area contributed by atoms with Gasteiger partial charge >= 0.3 is 0 Å². The zero-order valence-corrected chi connectivity index (χ0v) is 10.9. The van der Waals surface area contributed by atoms with Crippen LogP contribution in [0.25, 0.3) is 0 Å². The van der Waals surface area contributed by atoms with Gasteiger partial charge in [-0.3, -0.25) is 4.79 Å². The number of hydrogen-bond acceptors (Lipinski definition) is 5. The summed E-state index contributed by atoms with van der Waals surface area (Å²) < 4.78 is 18.3. The van der Waals surface area contributed by atoms with E-state index in [0.717, 1.165) is 11.8 Å². The van der Waals surface area contributed by atoms with E-state index in [4.69, 9.17) is 4.74 Å². The Labute approximate surface area is 109 Å². The predicted molar refractivity (Wildman–Crippen MR) is 67.1 cm³/mol. The number of rotatable bonds is 5. The van der Waals surface area contributed by atoms with Gasteiger partial charge in [-0.2, -0.15) is 0 Å². The van der Waals surface area contributed by atoms with E-state index in [0.29, 0.717) is 0 Å². The minimum atomic E-state index is -1.30. The lowest BCUT2D eigenvalue weighted by molar-refractivity contribution is -0.109. The van der Waals surface area contributed by atoms with E-state index in [1.807, 2.05) is 0 Å². The van der Waals surface area contributed by atoms with Gasteiger partial charge in [-0.25, -0.2) is 4.39 Å². The molecule has 0 heterocycles. The summed E-state index contributed by atoms with van der Waals surface area (Å²) in [5, 5.41) is 19.5. The first kappa shape index (κ1) is 14.9. The molecule has 0 radical (unpaired) electrons. The van der Waals surface area contributed by atoms with Crippen molar-refractivity contribution in [2.75, 3.05) is 12.9 Å². The maximum atomic E-state index is 13.4. The van der Waals surface area contributed by atoms with Gasteiger partial charge in [0.1, 0.15) is 6.10 Å². The summed E-state index contributed by atoms with van der Waals surface area (Å²) in [6, 6.07) is 4.08. The molecule has 0 bridgehead atoms. The van der Waals surface area contributed by atoms with Crippen LogP contribution >= 0.6 is 11.8 Å². The highest BCUT2D eigenvalue weighted by Crippen LogP contribution is 2.30. The Balaban J connectivity index is 2.86. The Hall–Kier alpha value is -1.11. The van der Waals surface area contributed by atoms with Crippen LogP contribution in [0, 0.1) is 5.82 Å². The van der Waals surface area contributed by atoms with E-state index in [1.165, 1.54) is 32.2 Å². The highest BCUT2D eigenvalue weighted by molar-refractivity contribution is 8.13. The summed E-state index contributed by atoms with van der Waals surface area (Å²) in [6.45, 7) is 1.37. The Bertz CT molecular complexity index is 425. The SMILES string of the molecule is COc1c(F)cccc1C(O)C(O)CSC(C)=O. The van der Waals surface area contributed by atoms with Gasteiger partial charge in [0.15, 0.2) is 16.7 Å². The first-order valence-corrected chi connectivity index (χ1v) is 6.27. The molecule has 6 heteroatoms. The fourth-order valence-corrected chi connectivity index (χ4v) is 2.06. The molecule has 0 aliphatic carbocycles. The van der Waals surface area contributed by atoms with Crippen molar-refractivity contribution >= 4 is 16.9 Å². The second-order valence-corrected chi connectivity index (χ2v) is 4.87. The number of para-hydroxylation sites is 1. The van der Waals surface area contributed by atoms with Gasteiger partial charge in [-0.05, 0) is 6.07 Å². The number of halogens is 1. The summed E-state index contributed by atoms with van der Waals surface area (Å²) in [6.07, 6.45) is -2.47. The number of benzene rings is 1. The third-order valence-corrected chi connectivity index (χ3v) is 3.26. The van der Waals surface area contributed by atoms with Crippen molar-refractivity contribution in [2.24, 2.45) is 0 Å². The summed E-state index contributed by atoms with van der Waals surface area (Å²) in [7, 11) is 1.28. The van der Waals surface area contributed by atoms with Gasteiger partial charge in [-0.15, -0.1) is 0 Å². The number of methoxy groups -OCH3 is 1. The molecular formula is C12H15FO4S.